The number of nitrogens with one attached hydrogen (secondary N) is 1. The summed E-state index contributed by atoms with van der Waals surface area (Å²) in [7, 11) is 0. The van der Waals surface area contributed by atoms with Gasteiger partial charge in [0.2, 0.25) is 0 Å². The van der Waals surface area contributed by atoms with E-state index in [0.717, 1.165) is 23.7 Å². The molecule has 1 heterocycles. The van der Waals surface area contributed by atoms with Gasteiger partial charge in [-0.3, -0.25) is 4.79 Å². The highest BCUT2D eigenvalue weighted by atomic mass is 19.4. The van der Waals surface area contributed by atoms with Crippen molar-refractivity contribution in [3.05, 3.63) is 113 Å². The van der Waals surface area contributed by atoms with Crippen LogP contribution in [-0.4, -0.2) is 15.7 Å². The number of rotatable bonds is 6. The molecule has 0 saturated heterocycles. The summed E-state index contributed by atoms with van der Waals surface area (Å²) in [6.07, 6.45) is 6.44. The second-order valence-electron chi connectivity index (χ2n) is 7.80. The summed E-state index contributed by atoms with van der Waals surface area (Å²) in [5, 5.41) is 7.47. The molecule has 34 heavy (non-hydrogen) atoms. The molecular weight excluding hydrogens is 439 g/mol. The van der Waals surface area contributed by atoms with Gasteiger partial charge in [-0.15, -0.1) is 0 Å². The van der Waals surface area contributed by atoms with E-state index in [4.69, 9.17) is 5.10 Å². The molecule has 1 aromatic heterocycles. The Kier molecular flexibility index (Phi) is 6.82. The highest BCUT2D eigenvalue weighted by Gasteiger charge is 2.33. The van der Waals surface area contributed by atoms with Gasteiger partial charge in [-0.05, 0) is 36.6 Å². The van der Waals surface area contributed by atoms with Crippen molar-refractivity contribution in [2.75, 3.05) is 0 Å². The first-order valence-electron chi connectivity index (χ1n) is 11.0. The van der Waals surface area contributed by atoms with Crippen LogP contribution in [0.5, 0.6) is 0 Å². The summed E-state index contributed by atoms with van der Waals surface area (Å²) in [5.41, 5.74) is 2.35. The zero-order chi connectivity index (χ0) is 24.1. The smallest absolute Gasteiger partial charge is 0.348 e. The SMILES string of the molecule is CCc1c(C(=O)NCc2ccccc2C(F)(F)F)c(C2=CC=CCC=C2)nn1-c1ccccc1. The Labute approximate surface area is 196 Å². The van der Waals surface area contributed by atoms with Gasteiger partial charge in [-0.1, -0.05) is 73.7 Å². The molecule has 0 bridgehead atoms. The number of aromatic nitrogens is 2. The number of amides is 1. The molecule has 2 aromatic carbocycles. The predicted molar refractivity (Wildman–Crippen MR) is 126 cm³/mol. The van der Waals surface area contributed by atoms with Crippen molar-refractivity contribution in [1.82, 2.24) is 15.1 Å². The summed E-state index contributed by atoms with van der Waals surface area (Å²) in [6, 6.07) is 14.7. The first-order valence-corrected chi connectivity index (χ1v) is 11.0. The van der Waals surface area contributed by atoms with Crippen LogP contribution < -0.4 is 5.32 Å². The molecule has 0 fully saturated rings. The predicted octanol–water partition coefficient (Wildman–Crippen LogP) is 6.28. The highest BCUT2D eigenvalue weighted by molar-refractivity contribution is 6.01. The van der Waals surface area contributed by atoms with E-state index in [2.05, 4.69) is 5.32 Å². The van der Waals surface area contributed by atoms with Crippen LogP contribution in [0.3, 0.4) is 0 Å². The molecule has 0 spiro atoms. The van der Waals surface area contributed by atoms with E-state index in [1.807, 2.05) is 67.6 Å². The van der Waals surface area contributed by atoms with Crippen molar-refractivity contribution in [3.63, 3.8) is 0 Å². The Morgan fingerprint density at radius 2 is 1.79 bits per heavy atom. The maximum Gasteiger partial charge on any atom is 0.416 e. The fourth-order valence-electron chi connectivity index (χ4n) is 3.96. The molecule has 1 amide bonds. The lowest BCUT2D eigenvalue weighted by molar-refractivity contribution is -0.138. The molecule has 0 radical (unpaired) electrons. The second-order valence-corrected chi connectivity index (χ2v) is 7.80. The normalized spacial score (nSPS) is 13.5. The molecule has 0 saturated carbocycles. The Balaban J connectivity index is 1.76. The van der Waals surface area contributed by atoms with Crippen LogP contribution in [0.4, 0.5) is 13.2 Å². The van der Waals surface area contributed by atoms with Crippen molar-refractivity contribution < 1.29 is 18.0 Å². The number of carbonyl (C=O) groups is 1. The molecular formula is C27H24F3N3O. The third-order valence-electron chi connectivity index (χ3n) is 5.56. The van der Waals surface area contributed by atoms with E-state index >= 15 is 0 Å². The second kappa shape index (κ2) is 9.95. The topological polar surface area (TPSA) is 46.9 Å². The molecule has 1 aliphatic carbocycles. The zero-order valence-electron chi connectivity index (χ0n) is 18.6. The summed E-state index contributed by atoms with van der Waals surface area (Å²) in [4.78, 5) is 13.4. The van der Waals surface area contributed by atoms with Gasteiger partial charge in [0, 0.05) is 12.1 Å². The Hall–Kier alpha value is -3.87. The van der Waals surface area contributed by atoms with Gasteiger partial charge >= 0.3 is 6.18 Å². The lowest BCUT2D eigenvalue weighted by Gasteiger charge is -2.14. The van der Waals surface area contributed by atoms with E-state index in [1.165, 1.54) is 18.2 Å². The van der Waals surface area contributed by atoms with Gasteiger partial charge in [0.05, 0.1) is 22.5 Å². The Morgan fingerprint density at radius 1 is 1.06 bits per heavy atom. The first-order chi connectivity index (χ1) is 16.4. The van der Waals surface area contributed by atoms with E-state index in [9.17, 15) is 18.0 Å². The molecule has 4 nitrogen and oxygen atoms in total. The van der Waals surface area contributed by atoms with E-state index in [-0.39, 0.29) is 12.1 Å². The molecule has 0 aliphatic heterocycles. The molecule has 3 aromatic rings. The number of hydrogen-bond donors (Lipinski definition) is 1. The fraction of sp³-hybridized carbons (Fsp3) is 0.185. The fourth-order valence-corrected chi connectivity index (χ4v) is 3.96. The largest absolute Gasteiger partial charge is 0.416 e. The molecule has 4 rings (SSSR count). The minimum atomic E-state index is -4.50. The van der Waals surface area contributed by atoms with Gasteiger partial charge in [0.1, 0.15) is 5.69 Å². The van der Waals surface area contributed by atoms with Gasteiger partial charge in [-0.2, -0.15) is 18.3 Å². The van der Waals surface area contributed by atoms with Crippen molar-refractivity contribution in [3.8, 4) is 5.69 Å². The summed E-state index contributed by atoms with van der Waals surface area (Å²) >= 11 is 0. The zero-order valence-corrected chi connectivity index (χ0v) is 18.6. The summed E-state index contributed by atoms with van der Waals surface area (Å²) in [5.74, 6) is -0.464. The lowest BCUT2D eigenvalue weighted by Crippen LogP contribution is -2.26. The molecule has 1 aliphatic rings. The number of benzene rings is 2. The van der Waals surface area contributed by atoms with E-state index in [0.29, 0.717) is 23.4 Å². The van der Waals surface area contributed by atoms with E-state index < -0.39 is 17.6 Å². The minimum absolute atomic E-state index is 0.00918. The molecule has 0 unspecified atom stereocenters. The van der Waals surface area contributed by atoms with Gasteiger partial charge in [0.25, 0.3) is 5.91 Å². The third kappa shape index (κ3) is 4.88. The van der Waals surface area contributed by atoms with Crippen LogP contribution in [0.1, 0.15) is 46.2 Å². The Morgan fingerprint density at radius 3 is 2.53 bits per heavy atom. The molecule has 1 N–H and O–H groups in total. The average molecular weight is 464 g/mol. The third-order valence-corrected chi connectivity index (χ3v) is 5.56. The summed E-state index contributed by atoms with van der Waals surface area (Å²) in [6.45, 7) is 1.68. The standard InChI is InChI=1S/C27H24F3N3O/c1-2-23-24(26(34)31-18-20-14-10-11-17-22(20)27(28,29)30)25(19-12-6-3-4-7-13-19)32-33(23)21-15-8-5-9-16-21/h3,5-17H,2,4,18H2,1H3,(H,31,34). The van der Waals surface area contributed by atoms with Crippen LogP contribution >= 0.6 is 0 Å². The van der Waals surface area contributed by atoms with Crippen LogP contribution in [0, 0.1) is 0 Å². The van der Waals surface area contributed by atoms with Crippen molar-refractivity contribution >= 4 is 11.5 Å². The minimum Gasteiger partial charge on any atom is -0.348 e. The number of alkyl halides is 3. The number of hydrogen-bond acceptors (Lipinski definition) is 2. The van der Waals surface area contributed by atoms with Crippen LogP contribution in [0.2, 0.25) is 0 Å². The number of allylic oxidation sites excluding steroid dienone is 6. The van der Waals surface area contributed by atoms with Crippen LogP contribution in [0.15, 0.2) is 85.0 Å². The van der Waals surface area contributed by atoms with Crippen LogP contribution in [-0.2, 0) is 19.1 Å². The van der Waals surface area contributed by atoms with Crippen LogP contribution in [0.25, 0.3) is 11.3 Å². The molecule has 0 atom stereocenters. The maximum absolute atomic E-state index is 13.4. The number of nitrogens with zero attached hydrogens (tertiary/aromatic N) is 2. The highest BCUT2D eigenvalue weighted by Crippen LogP contribution is 2.32. The average Bonchev–Trinajstić information content (AvgIpc) is 3.01. The van der Waals surface area contributed by atoms with E-state index in [1.54, 1.807) is 4.68 Å². The van der Waals surface area contributed by atoms with Crippen molar-refractivity contribution in [2.45, 2.75) is 32.5 Å². The summed E-state index contributed by atoms with van der Waals surface area (Å²) < 4.78 is 41.9. The number of para-hydroxylation sites is 1. The quantitative estimate of drug-likeness (QED) is 0.468. The molecule has 7 heteroatoms. The van der Waals surface area contributed by atoms with Crippen molar-refractivity contribution in [1.29, 1.82) is 0 Å². The van der Waals surface area contributed by atoms with Crippen molar-refractivity contribution in [2.24, 2.45) is 0 Å². The number of halogens is 3. The lowest BCUT2D eigenvalue weighted by atomic mass is 10.0. The monoisotopic (exact) mass is 463 g/mol. The first kappa shape index (κ1) is 23.3. The van der Waals surface area contributed by atoms with Gasteiger partial charge < -0.3 is 5.32 Å². The van der Waals surface area contributed by atoms with Gasteiger partial charge in [-0.25, -0.2) is 4.68 Å². The molecule has 174 valence electrons. The number of carbonyl (C=O) groups excluding carboxylic acids is 1. The van der Waals surface area contributed by atoms with Gasteiger partial charge in [0.15, 0.2) is 0 Å². The maximum atomic E-state index is 13.4. The Bertz CT molecular complexity index is 1270.